The standard InChI is InChI=1S/C26H26Cl2N2O2/c1-18-11-13-20(14-12-18)16-25(31)30(17-21-22(27)9-6-10-23(21)28)24(26(32)29-2)15-19-7-4-3-5-8-19/h3-14,24H,15-17H2,1-2H3,(H,29,32)/t24-/m0/s1. The smallest absolute Gasteiger partial charge is 0.242 e. The number of likely N-dealkylation sites (N-methyl/N-ethyl adjacent to an activating group) is 1. The van der Waals surface area contributed by atoms with Crippen molar-refractivity contribution in [2.75, 3.05) is 7.05 Å². The largest absolute Gasteiger partial charge is 0.357 e. The number of halogens is 2. The van der Waals surface area contributed by atoms with Crippen LogP contribution in [0.15, 0.2) is 72.8 Å². The van der Waals surface area contributed by atoms with Gasteiger partial charge in [0.2, 0.25) is 11.8 Å². The first-order valence-corrected chi connectivity index (χ1v) is 11.2. The third-order valence-corrected chi connectivity index (χ3v) is 6.09. The average Bonchev–Trinajstić information content (AvgIpc) is 2.79. The van der Waals surface area contributed by atoms with Gasteiger partial charge >= 0.3 is 0 Å². The molecule has 0 radical (unpaired) electrons. The van der Waals surface area contributed by atoms with Crippen molar-refractivity contribution in [3.63, 3.8) is 0 Å². The molecule has 0 saturated carbocycles. The highest BCUT2D eigenvalue weighted by molar-refractivity contribution is 6.36. The molecule has 1 N–H and O–H groups in total. The number of aryl methyl sites for hydroxylation is 1. The van der Waals surface area contributed by atoms with Crippen molar-refractivity contribution in [2.45, 2.75) is 32.4 Å². The first-order valence-electron chi connectivity index (χ1n) is 10.4. The predicted octanol–water partition coefficient (Wildman–Crippen LogP) is 5.23. The zero-order valence-electron chi connectivity index (χ0n) is 18.1. The third kappa shape index (κ3) is 6.12. The molecule has 1 atom stereocenters. The Balaban J connectivity index is 1.98. The van der Waals surface area contributed by atoms with Crippen LogP contribution in [0.25, 0.3) is 0 Å². The van der Waals surface area contributed by atoms with Gasteiger partial charge in [-0.3, -0.25) is 9.59 Å². The second kappa shape index (κ2) is 11.2. The van der Waals surface area contributed by atoms with Gasteiger partial charge < -0.3 is 10.2 Å². The lowest BCUT2D eigenvalue weighted by Crippen LogP contribution is -2.50. The summed E-state index contributed by atoms with van der Waals surface area (Å²) >= 11 is 12.8. The highest BCUT2D eigenvalue weighted by atomic mass is 35.5. The molecule has 0 aliphatic carbocycles. The number of carbonyl (C=O) groups is 2. The van der Waals surface area contributed by atoms with Crippen molar-refractivity contribution < 1.29 is 9.59 Å². The summed E-state index contributed by atoms with van der Waals surface area (Å²) in [5, 5.41) is 3.63. The van der Waals surface area contributed by atoms with Gasteiger partial charge in [0.1, 0.15) is 6.04 Å². The van der Waals surface area contributed by atoms with E-state index in [1.807, 2.05) is 61.5 Å². The molecule has 0 fully saturated rings. The fraction of sp³-hybridized carbons (Fsp3) is 0.231. The van der Waals surface area contributed by atoms with Crippen molar-refractivity contribution >= 4 is 35.0 Å². The molecule has 0 spiro atoms. The van der Waals surface area contributed by atoms with Crippen LogP contribution in [0.3, 0.4) is 0 Å². The van der Waals surface area contributed by atoms with E-state index in [9.17, 15) is 9.59 Å². The Labute approximate surface area is 199 Å². The zero-order chi connectivity index (χ0) is 23.1. The van der Waals surface area contributed by atoms with E-state index in [0.717, 1.165) is 16.7 Å². The fourth-order valence-electron chi connectivity index (χ4n) is 3.56. The normalized spacial score (nSPS) is 11.6. The van der Waals surface area contributed by atoms with Crippen LogP contribution in [-0.4, -0.2) is 29.8 Å². The molecule has 0 aliphatic heterocycles. The van der Waals surface area contributed by atoms with Gasteiger partial charge in [-0.05, 0) is 30.2 Å². The maximum Gasteiger partial charge on any atom is 0.242 e. The van der Waals surface area contributed by atoms with Crippen molar-refractivity contribution in [2.24, 2.45) is 0 Å². The summed E-state index contributed by atoms with van der Waals surface area (Å²) in [6.45, 7) is 2.13. The summed E-state index contributed by atoms with van der Waals surface area (Å²) in [5.74, 6) is -0.413. The Morgan fingerprint density at radius 2 is 1.50 bits per heavy atom. The highest BCUT2D eigenvalue weighted by Crippen LogP contribution is 2.27. The summed E-state index contributed by atoms with van der Waals surface area (Å²) in [5.41, 5.74) is 3.58. The van der Waals surface area contributed by atoms with Gasteiger partial charge in [0.05, 0.1) is 6.42 Å². The molecular formula is C26H26Cl2N2O2. The van der Waals surface area contributed by atoms with Crippen LogP contribution in [0.1, 0.15) is 22.3 Å². The zero-order valence-corrected chi connectivity index (χ0v) is 19.7. The Kier molecular flexibility index (Phi) is 8.32. The summed E-state index contributed by atoms with van der Waals surface area (Å²) in [6.07, 6.45) is 0.548. The van der Waals surface area contributed by atoms with Gasteiger partial charge in [0, 0.05) is 35.6 Å². The maximum atomic E-state index is 13.5. The van der Waals surface area contributed by atoms with Gasteiger partial charge in [0.15, 0.2) is 0 Å². The van der Waals surface area contributed by atoms with Crippen LogP contribution in [0, 0.1) is 6.92 Å². The van der Waals surface area contributed by atoms with Gasteiger partial charge in [0.25, 0.3) is 0 Å². The van der Waals surface area contributed by atoms with Crippen LogP contribution in [0.2, 0.25) is 10.0 Å². The van der Waals surface area contributed by atoms with E-state index in [1.165, 1.54) is 0 Å². The first-order chi connectivity index (χ1) is 15.4. The minimum absolute atomic E-state index is 0.133. The number of hydrogen-bond acceptors (Lipinski definition) is 2. The third-order valence-electron chi connectivity index (χ3n) is 5.38. The number of amides is 2. The summed E-state index contributed by atoms with van der Waals surface area (Å²) < 4.78 is 0. The summed E-state index contributed by atoms with van der Waals surface area (Å²) in [7, 11) is 1.57. The summed E-state index contributed by atoms with van der Waals surface area (Å²) in [6, 6.07) is 22.0. The molecule has 0 unspecified atom stereocenters. The molecule has 4 nitrogen and oxygen atoms in total. The number of hydrogen-bond donors (Lipinski definition) is 1. The summed E-state index contributed by atoms with van der Waals surface area (Å²) in [4.78, 5) is 28.1. The topological polar surface area (TPSA) is 49.4 Å². The molecule has 0 aliphatic rings. The lowest BCUT2D eigenvalue weighted by Gasteiger charge is -2.32. The molecule has 32 heavy (non-hydrogen) atoms. The molecular weight excluding hydrogens is 443 g/mol. The van der Waals surface area contributed by atoms with E-state index in [1.54, 1.807) is 30.1 Å². The molecule has 166 valence electrons. The van der Waals surface area contributed by atoms with Crippen LogP contribution in [0.5, 0.6) is 0 Å². The van der Waals surface area contributed by atoms with E-state index in [4.69, 9.17) is 23.2 Å². The van der Waals surface area contributed by atoms with Crippen LogP contribution >= 0.6 is 23.2 Å². The van der Waals surface area contributed by atoms with Crippen LogP contribution < -0.4 is 5.32 Å². The molecule has 0 saturated heterocycles. The molecule has 3 aromatic carbocycles. The van der Waals surface area contributed by atoms with Crippen LogP contribution in [-0.2, 0) is 29.0 Å². The van der Waals surface area contributed by atoms with Crippen molar-refractivity contribution in [3.05, 3.63) is 105 Å². The number of nitrogens with zero attached hydrogens (tertiary/aromatic N) is 1. The molecule has 3 rings (SSSR count). The fourth-order valence-corrected chi connectivity index (χ4v) is 4.07. The predicted molar refractivity (Wildman–Crippen MR) is 130 cm³/mol. The number of rotatable bonds is 8. The molecule has 0 aromatic heterocycles. The van der Waals surface area contributed by atoms with E-state index in [0.29, 0.717) is 22.0 Å². The monoisotopic (exact) mass is 468 g/mol. The van der Waals surface area contributed by atoms with E-state index in [-0.39, 0.29) is 24.8 Å². The molecule has 3 aromatic rings. The minimum Gasteiger partial charge on any atom is -0.357 e. The lowest BCUT2D eigenvalue weighted by molar-refractivity contribution is -0.140. The van der Waals surface area contributed by atoms with Crippen molar-refractivity contribution in [1.82, 2.24) is 10.2 Å². The Bertz CT molecular complexity index is 1050. The first kappa shape index (κ1) is 23.8. The highest BCUT2D eigenvalue weighted by Gasteiger charge is 2.30. The number of carbonyl (C=O) groups excluding carboxylic acids is 2. The Morgan fingerprint density at radius 1 is 0.875 bits per heavy atom. The van der Waals surface area contributed by atoms with Crippen LogP contribution in [0.4, 0.5) is 0 Å². The number of nitrogens with one attached hydrogen (secondary N) is 1. The lowest BCUT2D eigenvalue weighted by atomic mass is 10.0. The minimum atomic E-state index is -0.715. The second-order valence-corrected chi connectivity index (χ2v) is 8.52. The quantitative estimate of drug-likeness (QED) is 0.491. The van der Waals surface area contributed by atoms with Gasteiger partial charge in [-0.15, -0.1) is 0 Å². The molecule has 6 heteroatoms. The van der Waals surface area contributed by atoms with E-state index < -0.39 is 6.04 Å². The Hall–Kier alpha value is -2.82. The molecule has 0 bridgehead atoms. The molecule has 0 heterocycles. The van der Waals surface area contributed by atoms with E-state index in [2.05, 4.69) is 5.32 Å². The maximum absolute atomic E-state index is 13.5. The van der Waals surface area contributed by atoms with Gasteiger partial charge in [-0.1, -0.05) is 89.4 Å². The van der Waals surface area contributed by atoms with Crippen molar-refractivity contribution in [3.8, 4) is 0 Å². The Morgan fingerprint density at radius 3 is 2.09 bits per heavy atom. The second-order valence-electron chi connectivity index (χ2n) is 7.70. The van der Waals surface area contributed by atoms with E-state index >= 15 is 0 Å². The molecule has 2 amide bonds. The van der Waals surface area contributed by atoms with Crippen molar-refractivity contribution in [1.29, 1.82) is 0 Å². The van der Waals surface area contributed by atoms with Gasteiger partial charge in [-0.2, -0.15) is 0 Å². The average molecular weight is 469 g/mol. The number of benzene rings is 3. The SMILES string of the molecule is CNC(=O)[C@H](Cc1ccccc1)N(Cc1c(Cl)cccc1Cl)C(=O)Cc1ccc(C)cc1. The van der Waals surface area contributed by atoms with Gasteiger partial charge in [-0.25, -0.2) is 0 Å².